The fourth-order valence-corrected chi connectivity index (χ4v) is 4.41. The SMILES string of the molecule is COc1cc(C(=O)N(CCCc2cccc(C)c2)Cc2nc(C)cs2)cc(OC)c1C. The van der Waals surface area contributed by atoms with E-state index in [1.165, 1.54) is 11.1 Å². The van der Waals surface area contributed by atoms with Crippen LogP contribution in [0.4, 0.5) is 0 Å². The minimum absolute atomic E-state index is 0.0475. The molecule has 1 heterocycles. The highest BCUT2D eigenvalue weighted by atomic mass is 32.1. The number of aryl methyl sites for hydroxylation is 3. The number of hydrogen-bond donors (Lipinski definition) is 0. The third-order valence-electron chi connectivity index (χ3n) is 5.26. The molecule has 3 aromatic rings. The van der Waals surface area contributed by atoms with Gasteiger partial charge in [-0.1, -0.05) is 29.8 Å². The minimum atomic E-state index is -0.0475. The number of hydrogen-bond acceptors (Lipinski definition) is 5. The Morgan fingerprint density at radius 2 is 1.77 bits per heavy atom. The molecule has 164 valence electrons. The lowest BCUT2D eigenvalue weighted by Gasteiger charge is -2.23. The second-order valence-corrected chi connectivity index (χ2v) is 8.65. The Morgan fingerprint density at radius 3 is 2.35 bits per heavy atom. The standard InChI is InChI=1S/C25H30N2O3S/c1-17-8-6-9-20(12-17)10-7-11-27(15-24-26-18(2)16-31-24)25(28)21-13-22(29-4)19(3)23(14-21)30-5/h6,8-9,12-14,16H,7,10-11,15H2,1-5H3. The summed E-state index contributed by atoms with van der Waals surface area (Å²) in [5.41, 5.74) is 4.95. The summed E-state index contributed by atoms with van der Waals surface area (Å²) in [5, 5.41) is 2.95. The molecule has 1 aromatic heterocycles. The Hall–Kier alpha value is -2.86. The highest BCUT2D eigenvalue weighted by Gasteiger charge is 2.20. The van der Waals surface area contributed by atoms with E-state index in [4.69, 9.17) is 9.47 Å². The van der Waals surface area contributed by atoms with Crippen LogP contribution in [-0.4, -0.2) is 36.6 Å². The van der Waals surface area contributed by atoms with E-state index in [1.54, 1.807) is 37.7 Å². The zero-order chi connectivity index (χ0) is 22.4. The van der Waals surface area contributed by atoms with Gasteiger partial charge in [-0.25, -0.2) is 4.98 Å². The first-order valence-corrected chi connectivity index (χ1v) is 11.3. The van der Waals surface area contributed by atoms with Crippen LogP contribution in [0, 0.1) is 20.8 Å². The van der Waals surface area contributed by atoms with Crippen molar-refractivity contribution in [2.24, 2.45) is 0 Å². The summed E-state index contributed by atoms with van der Waals surface area (Å²) in [5.74, 6) is 1.24. The molecular weight excluding hydrogens is 408 g/mol. The van der Waals surface area contributed by atoms with Gasteiger partial charge in [-0.3, -0.25) is 4.79 Å². The van der Waals surface area contributed by atoms with E-state index in [1.807, 2.05) is 24.1 Å². The van der Waals surface area contributed by atoms with E-state index in [9.17, 15) is 4.79 Å². The van der Waals surface area contributed by atoms with Gasteiger partial charge in [0.2, 0.25) is 0 Å². The summed E-state index contributed by atoms with van der Waals surface area (Å²) in [6.07, 6.45) is 1.79. The molecular formula is C25H30N2O3S. The van der Waals surface area contributed by atoms with E-state index < -0.39 is 0 Å². The smallest absolute Gasteiger partial charge is 0.254 e. The molecule has 6 heteroatoms. The molecule has 2 aromatic carbocycles. The van der Waals surface area contributed by atoms with Crippen LogP contribution in [0.15, 0.2) is 41.8 Å². The number of rotatable bonds is 9. The van der Waals surface area contributed by atoms with Crippen LogP contribution < -0.4 is 9.47 Å². The highest BCUT2D eigenvalue weighted by Crippen LogP contribution is 2.30. The van der Waals surface area contributed by atoms with Gasteiger partial charge in [0.1, 0.15) is 16.5 Å². The van der Waals surface area contributed by atoms with Crippen molar-refractivity contribution in [3.05, 3.63) is 74.7 Å². The Labute approximate surface area is 188 Å². The predicted molar refractivity (Wildman–Crippen MR) is 125 cm³/mol. The molecule has 0 spiro atoms. The number of ether oxygens (including phenoxy) is 2. The van der Waals surface area contributed by atoms with Gasteiger partial charge in [-0.05, 0) is 51.3 Å². The van der Waals surface area contributed by atoms with Crippen LogP contribution in [0.3, 0.4) is 0 Å². The molecule has 5 nitrogen and oxygen atoms in total. The van der Waals surface area contributed by atoms with Crippen LogP contribution in [0.25, 0.3) is 0 Å². The first-order valence-electron chi connectivity index (χ1n) is 10.4. The lowest BCUT2D eigenvalue weighted by Crippen LogP contribution is -2.32. The van der Waals surface area contributed by atoms with Gasteiger partial charge in [-0.15, -0.1) is 11.3 Å². The predicted octanol–water partition coefficient (Wildman–Crippen LogP) is 5.36. The zero-order valence-electron chi connectivity index (χ0n) is 18.9. The number of carbonyl (C=O) groups excluding carboxylic acids is 1. The van der Waals surface area contributed by atoms with Crippen molar-refractivity contribution in [2.75, 3.05) is 20.8 Å². The number of benzene rings is 2. The molecule has 31 heavy (non-hydrogen) atoms. The number of amides is 1. The summed E-state index contributed by atoms with van der Waals surface area (Å²) >= 11 is 1.59. The zero-order valence-corrected chi connectivity index (χ0v) is 19.7. The van der Waals surface area contributed by atoms with Gasteiger partial charge in [0.25, 0.3) is 5.91 Å². The molecule has 0 unspecified atom stereocenters. The maximum Gasteiger partial charge on any atom is 0.254 e. The lowest BCUT2D eigenvalue weighted by atomic mass is 10.1. The monoisotopic (exact) mass is 438 g/mol. The van der Waals surface area contributed by atoms with E-state index in [2.05, 4.69) is 36.2 Å². The molecule has 0 aliphatic rings. The van der Waals surface area contributed by atoms with Gasteiger partial charge in [0, 0.05) is 28.7 Å². The summed E-state index contributed by atoms with van der Waals surface area (Å²) in [4.78, 5) is 19.9. The highest BCUT2D eigenvalue weighted by molar-refractivity contribution is 7.09. The molecule has 0 saturated heterocycles. The number of nitrogens with zero attached hydrogens (tertiary/aromatic N) is 2. The summed E-state index contributed by atoms with van der Waals surface area (Å²) in [6.45, 7) is 7.12. The average molecular weight is 439 g/mol. The molecule has 0 atom stereocenters. The van der Waals surface area contributed by atoms with E-state index >= 15 is 0 Å². The van der Waals surface area contributed by atoms with Crippen LogP contribution in [0.5, 0.6) is 11.5 Å². The normalized spacial score (nSPS) is 10.7. The molecule has 0 N–H and O–H groups in total. The van der Waals surface area contributed by atoms with E-state index in [0.717, 1.165) is 29.1 Å². The average Bonchev–Trinajstić information content (AvgIpc) is 3.17. The fourth-order valence-electron chi connectivity index (χ4n) is 3.62. The van der Waals surface area contributed by atoms with Gasteiger partial charge in [0.15, 0.2) is 0 Å². The topological polar surface area (TPSA) is 51.7 Å². The number of thiazole rings is 1. The van der Waals surface area contributed by atoms with Crippen molar-refractivity contribution < 1.29 is 14.3 Å². The van der Waals surface area contributed by atoms with Crippen LogP contribution in [0.2, 0.25) is 0 Å². The molecule has 0 bridgehead atoms. The quantitative estimate of drug-likeness (QED) is 0.451. The molecule has 0 aliphatic carbocycles. The van der Waals surface area contributed by atoms with Crippen LogP contribution in [0.1, 0.15) is 44.2 Å². The molecule has 0 radical (unpaired) electrons. The molecule has 0 saturated carbocycles. The maximum absolute atomic E-state index is 13.5. The second kappa shape index (κ2) is 10.4. The minimum Gasteiger partial charge on any atom is -0.496 e. The van der Waals surface area contributed by atoms with Gasteiger partial charge in [0.05, 0.1) is 20.8 Å². The van der Waals surface area contributed by atoms with Crippen molar-refractivity contribution in [1.29, 1.82) is 0 Å². The summed E-state index contributed by atoms with van der Waals surface area (Å²) in [7, 11) is 3.21. The number of methoxy groups -OCH3 is 2. The molecule has 0 fully saturated rings. The Kier molecular flexibility index (Phi) is 7.69. The van der Waals surface area contributed by atoms with Gasteiger partial charge < -0.3 is 14.4 Å². The number of carbonyl (C=O) groups is 1. The van der Waals surface area contributed by atoms with E-state index in [-0.39, 0.29) is 5.91 Å². The third-order valence-corrected chi connectivity index (χ3v) is 6.21. The van der Waals surface area contributed by atoms with Gasteiger partial charge >= 0.3 is 0 Å². The second-order valence-electron chi connectivity index (χ2n) is 7.71. The largest absolute Gasteiger partial charge is 0.496 e. The molecule has 1 amide bonds. The van der Waals surface area contributed by atoms with Crippen LogP contribution >= 0.6 is 11.3 Å². The first kappa shape index (κ1) is 22.8. The van der Waals surface area contributed by atoms with Crippen molar-refractivity contribution in [2.45, 2.75) is 40.2 Å². The van der Waals surface area contributed by atoms with Crippen molar-refractivity contribution in [3.63, 3.8) is 0 Å². The maximum atomic E-state index is 13.5. The Bertz CT molecular complexity index is 1020. The first-order chi connectivity index (χ1) is 14.9. The summed E-state index contributed by atoms with van der Waals surface area (Å²) < 4.78 is 10.9. The molecule has 0 aliphatic heterocycles. The van der Waals surface area contributed by atoms with Crippen LogP contribution in [-0.2, 0) is 13.0 Å². The third kappa shape index (κ3) is 5.85. The Balaban J connectivity index is 1.82. The Morgan fingerprint density at radius 1 is 1.06 bits per heavy atom. The number of aromatic nitrogens is 1. The lowest BCUT2D eigenvalue weighted by molar-refractivity contribution is 0.0740. The van der Waals surface area contributed by atoms with Gasteiger partial charge in [-0.2, -0.15) is 0 Å². The fraction of sp³-hybridized carbons (Fsp3) is 0.360. The summed E-state index contributed by atoms with van der Waals surface area (Å²) in [6, 6.07) is 12.1. The molecule has 3 rings (SSSR count). The van der Waals surface area contributed by atoms with Crippen molar-refractivity contribution in [3.8, 4) is 11.5 Å². The van der Waals surface area contributed by atoms with E-state index in [0.29, 0.717) is 30.2 Å². The van der Waals surface area contributed by atoms with Crippen molar-refractivity contribution >= 4 is 17.2 Å². The van der Waals surface area contributed by atoms with Crippen molar-refractivity contribution in [1.82, 2.24) is 9.88 Å².